The molecule has 2 aromatic carbocycles. The fourth-order valence-electron chi connectivity index (χ4n) is 3.44. The summed E-state index contributed by atoms with van der Waals surface area (Å²) in [6.45, 7) is 2.49. The van der Waals surface area contributed by atoms with Gasteiger partial charge in [-0.2, -0.15) is 0 Å². The van der Waals surface area contributed by atoms with Crippen molar-refractivity contribution in [3.8, 4) is 0 Å². The highest BCUT2D eigenvalue weighted by atomic mass is 32.1. The molecule has 1 aromatic heterocycles. The van der Waals surface area contributed by atoms with Crippen molar-refractivity contribution in [1.82, 2.24) is 14.5 Å². The van der Waals surface area contributed by atoms with Gasteiger partial charge >= 0.3 is 0 Å². The average molecular weight is 398 g/mol. The van der Waals surface area contributed by atoms with E-state index in [2.05, 4.69) is 9.88 Å². The van der Waals surface area contributed by atoms with E-state index in [0.29, 0.717) is 47.4 Å². The maximum atomic E-state index is 13.1. The Hall–Kier alpha value is -3.00. The summed E-state index contributed by atoms with van der Waals surface area (Å²) < 4.78 is 14.8. The van der Waals surface area contributed by atoms with Crippen molar-refractivity contribution < 1.29 is 9.18 Å². The summed E-state index contributed by atoms with van der Waals surface area (Å²) in [6, 6.07) is 11.4. The van der Waals surface area contributed by atoms with Gasteiger partial charge in [-0.3, -0.25) is 14.2 Å². The molecule has 2 heterocycles. The third-order valence-corrected chi connectivity index (χ3v) is 5.48. The quantitative estimate of drug-likeness (QED) is 0.675. The number of hydrogen-bond donors (Lipinski definition) is 1. The minimum Gasteiger partial charge on any atom is -0.368 e. The SMILES string of the molecule is Cn1c(=S)[nH]c2cc(C(=O)N3CCN(c4ccc(F)cc4)CC3)ccc2c1=O. The molecule has 1 fully saturated rings. The van der Waals surface area contributed by atoms with E-state index in [0.717, 1.165) is 5.69 Å². The maximum Gasteiger partial charge on any atom is 0.261 e. The molecule has 0 unspecified atom stereocenters. The van der Waals surface area contributed by atoms with Crippen molar-refractivity contribution in [2.24, 2.45) is 7.05 Å². The molecule has 0 atom stereocenters. The molecule has 144 valence electrons. The molecule has 1 aliphatic rings. The van der Waals surface area contributed by atoms with Gasteiger partial charge in [0.05, 0.1) is 10.9 Å². The van der Waals surface area contributed by atoms with E-state index in [1.54, 1.807) is 42.3 Å². The molecular formula is C20H19FN4O2S. The highest BCUT2D eigenvalue weighted by Gasteiger charge is 2.22. The largest absolute Gasteiger partial charge is 0.368 e. The van der Waals surface area contributed by atoms with E-state index >= 15 is 0 Å². The Labute approximate surface area is 165 Å². The minimum atomic E-state index is -0.261. The second kappa shape index (κ2) is 7.20. The Morgan fingerprint density at radius 1 is 1.07 bits per heavy atom. The topological polar surface area (TPSA) is 61.3 Å². The summed E-state index contributed by atoms with van der Waals surface area (Å²) in [5.74, 6) is -0.344. The molecule has 0 bridgehead atoms. The van der Waals surface area contributed by atoms with Gasteiger partial charge in [-0.25, -0.2) is 4.39 Å². The number of piperazine rings is 1. The molecular weight excluding hydrogens is 379 g/mol. The normalized spacial score (nSPS) is 14.5. The van der Waals surface area contributed by atoms with Gasteiger partial charge in [0, 0.05) is 44.5 Å². The zero-order valence-electron chi connectivity index (χ0n) is 15.3. The molecule has 0 aliphatic carbocycles. The van der Waals surface area contributed by atoms with Crippen LogP contribution in [-0.4, -0.2) is 46.5 Å². The molecule has 4 rings (SSSR count). The standard InChI is InChI=1S/C20H19FN4O2S/c1-23-19(27)16-7-2-13(12-17(16)22-20(23)28)18(26)25-10-8-24(9-11-25)15-5-3-14(21)4-6-15/h2-7,12H,8-11H2,1H3,(H,22,28). The van der Waals surface area contributed by atoms with Crippen LogP contribution in [0.2, 0.25) is 0 Å². The van der Waals surface area contributed by atoms with Crippen molar-refractivity contribution >= 4 is 34.7 Å². The van der Waals surface area contributed by atoms with Crippen LogP contribution in [0.3, 0.4) is 0 Å². The highest BCUT2D eigenvalue weighted by Crippen LogP contribution is 2.19. The lowest BCUT2D eigenvalue weighted by Crippen LogP contribution is -2.48. The number of benzene rings is 2. The summed E-state index contributed by atoms with van der Waals surface area (Å²) in [6.07, 6.45) is 0. The van der Waals surface area contributed by atoms with Crippen LogP contribution in [0, 0.1) is 10.6 Å². The predicted octanol–water partition coefficient (Wildman–Crippen LogP) is 2.70. The molecule has 1 saturated heterocycles. The van der Waals surface area contributed by atoms with Crippen molar-refractivity contribution in [3.05, 3.63) is 69.0 Å². The fourth-order valence-corrected chi connectivity index (χ4v) is 3.63. The van der Waals surface area contributed by atoms with Crippen LogP contribution in [0.4, 0.5) is 10.1 Å². The predicted molar refractivity (Wildman–Crippen MR) is 109 cm³/mol. The smallest absolute Gasteiger partial charge is 0.261 e. The number of anilines is 1. The molecule has 3 aromatic rings. The van der Waals surface area contributed by atoms with Crippen LogP contribution in [0.25, 0.3) is 10.9 Å². The first-order valence-electron chi connectivity index (χ1n) is 8.97. The third kappa shape index (κ3) is 3.31. The Morgan fingerprint density at radius 3 is 2.43 bits per heavy atom. The molecule has 1 aliphatic heterocycles. The number of carbonyl (C=O) groups excluding carboxylic acids is 1. The average Bonchev–Trinajstić information content (AvgIpc) is 2.72. The van der Waals surface area contributed by atoms with E-state index in [9.17, 15) is 14.0 Å². The molecule has 1 N–H and O–H groups in total. The lowest BCUT2D eigenvalue weighted by atomic mass is 10.1. The van der Waals surface area contributed by atoms with Gasteiger partial charge in [0.1, 0.15) is 5.82 Å². The Kier molecular flexibility index (Phi) is 4.72. The zero-order chi connectivity index (χ0) is 19.8. The monoisotopic (exact) mass is 398 g/mol. The van der Waals surface area contributed by atoms with Gasteiger partial charge in [0.25, 0.3) is 11.5 Å². The molecule has 1 amide bonds. The molecule has 0 radical (unpaired) electrons. The van der Waals surface area contributed by atoms with Gasteiger partial charge in [-0.1, -0.05) is 0 Å². The van der Waals surface area contributed by atoms with Crippen molar-refractivity contribution in [3.63, 3.8) is 0 Å². The van der Waals surface area contributed by atoms with Gasteiger partial charge in [0.2, 0.25) is 0 Å². The second-order valence-corrected chi connectivity index (χ2v) is 7.20. The lowest BCUT2D eigenvalue weighted by molar-refractivity contribution is 0.0747. The number of hydrogen-bond acceptors (Lipinski definition) is 4. The van der Waals surface area contributed by atoms with Crippen LogP contribution < -0.4 is 10.5 Å². The Balaban J connectivity index is 1.52. The number of carbonyl (C=O) groups is 1. The molecule has 0 spiro atoms. The number of fused-ring (bicyclic) bond motifs is 1. The molecule has 28 heavy (non-hydrogen) atoms. The number of aromatic nitrogens is 2. The van der Waals surface area contributed by atoms with Crippen LogP contribution >= 0.6 is 12.2 Å². The van der Waals surface area contributed by atoms with Crippen LogP contribution in [-0.2, 0) is 7.05 Å². The first-order chi connectivity index (χ1) is 13.4. The summed E-state index contributed by atoms with van der Waals surface area (Å²) in [5.41, 5.74) is 1.83. The van der Waals surface area contributed by atoms with E-state index in [-0.39, 0.29) is 17.3 Å². The van der Waals surface area contributed by atoms with E-state index in [4.69, 9.17) is 12.2 Å². The van der Waals surface area contributed by atoms with Gasteiger partial charge in [-0.15, -0.1) is 0 Å². The maximum absolute atomic E-state index is 13.1. The van der Waals surface area contributed by atoms with E-state index in [1.165, 1.54) is 16.7 Å². The fraction of sp³-hybridized carbons (Fsp3) is 0.250. The number of H-pyrrole nitrogens is 1. The molecule has 6 nitrogen and oxygen atoms in total. The summed E-state index contributed by atoms with van der Waals surface area (Å²) in [5, 5.41) is 0.494. The third-order valence-electron chi connectivity index (χ3n) is 5.11. The number of halogens is 1. The van der Waals surface area contributed by atoms with Crippen LogP contribution in [0.5, 0.6) is 0 Å². The minimum absolute atomic E-state index is 0.0827. The molecule has 8 heteroatoms. The summed E-state index contributed by atoms with van der Waals surface area (Å²) in [4.78, 5) is 32.1. The van der Waals surface area contributed by atoms with Gasteiger partial charge in [0.15, 0.2) is 4.77 Å². The van der Waals surface area contributed by atoms with Crippen LogP contribution in [0.1, 0.15) is 10.4 Å². The Morgan fingerprint density at radius 2 is 1.75 bits per heavy atom. The van der Waals surface area contributed by atoms with Crippen molar-refractivity contribution in [2.45, 2.75) is 0 Å². The highest BCUT2D eigenvalue weighted by molar-refractivity contribution is 7.71. The van der Waals surface area contributed by atoms with Crippen molar-refractivity contribution in [2.75, 3.05) is 31.1 Å². The molecule has 0 saturated carbocycles. The van der Waals surface area contributed by atoms with Gasteiger partial charge < -0.3 is 14.8 Å². The summed E-state index contributed by atoms with van der Waals surface area (Å²) in [7, 11) is 1.61. The lowest BCUT2D eigenvalue weighted by Gasteiger charge is -2.36. The number of aromatic amines is 1. The van der Waals surface area contributed by atoms with Crippen LogP contribution in [0.15, 0.2) is 47.3 Å². The first kappa shape index (κ1) is 18.4. The Bertz CT molecular complexity index is 1160. The number of amides is 1. The summed E-state index contributed by atoms with van der Waals surface area (Å²) >= 11 is 5.15. The van der Waals surface area contributed by atoms with Crippen molar-refractivity contribution in [1.29, 1.82) is 0 Å². The number of nitrogens with one attached hydrogen (secondary N) is 1. The van der Waals surface area contributed by atoms with E-state index in [1.807, 2.05) is 0 Å². The first-order valence-corrected chi connectivity index (χ1v) is 9.38. The zero-order valence-corrected chi connectivity index (χ0v) is 16.1. The second-order valence-electron chi connectivity index (χ2n) is 6.81. The number of rotatable bonds is 2. The van der Waals surface area contributed by atoms with Gasteiger partial charge in [-0.05, 0) is 54.7 Å². The number of nitrogens with zero attached hydrogens (tertiary/aromatic N) is 3. The van der Waals surface area contributed by atoms with E-state index < -0.39 is 0 Å².